The number of carbonyl (C=O) groups is 1. The van der Waals surface area contributed by atoms with E-state index in [1.54, 1.807) is 13.0 Å². The fraction of sp³-hybridized carbons (Fsp3) is 0.278. The zero-order valence-electron chi connectivity index (χ0n) is 13.5. The van der Waals surface area contributed by atoms with Crippen molar-refractivity contribution in [3.8, 4) is 0 Å². The maximum Gasteiger partial charge on any atom is 0.239 e. The molecule has 128 valence electrons. The fourth-order valence-corrected chi connectivity index (χ4v) is 3.52. The Morgan fingerprint density at radius 1 is 1.12 bits per heavy atom. The average molecular weight is 349 g/mol. The zero-order valence-corrected chi connectivity index (χ0v) is 14.3. The summed E-state index contributed by atoms with van der Waals surface area (Å²) in [6.07, 6.45) is 1.08. The van der Waals surface area contributed by atoms with Gasteiger partial charge >= 0.3 is 0 Å². The van der Waals surface area contributed by atoms with Gasteiger partial charge in [-0.15, -0.1) is 0 Å². The molecule has 0 aromatic heterocycles. The Balaban J connectivity index is 1.85. The van der Waals surface area contributed by atoms with Crippen molar-refractivity contribution < 1.29 is 17.6 Å². The number of hydrogen-bond donors (Lipinski definition) is 1. The molecular formula is C18H20FNO3S. The van der Waals surface area contributed by atoms with Crippen LogP contribution in [0.4, 0.5) is 10.1 Å². The van der Waals surface area contributed by atoms with Crippen LogP contribution < -0.4 is 5.32 Å². The molecule has 0 bridgehead atoms. The molecule has 6 heteroatoms. The lowest BCUT2D eigenvalue weighted by molar-refractivity contribution is -0.113. The van der Waals surface area contributed by atoms with E-state index in [1.165, 1.54) is 12.1 Å². The molecule has 2 aromatic rings. The van der Waals surface area contributed by atoms with Gasteiger partial charge < -0.3 is 5.32 Å². The van der Waals surface area contributed by atoms with Crippen molar-refractivity contribution in [2.75, 3.05) is 16.8 Å². The molecule has 1 N–H and O–H groups in total. The van der Waals surface area contributed by atoms with Crippen LogP contribution in [0, 0.1) is 12.7 Å². The van der Waals surface area contributed by atoms with Crippen LogP contribution in [0.25, 0.3) is 0 Å². The lowest BCUT2D eigenvalue weighted by Crippen LogP contribution is -2.25. The number of sulfone groups is 1. The van der Waals surface area contributed by atoms with Gasteiger partial charge in [-0.2, -0.15) is 0 Å². The minimum atomic E-state index is -3.53. The molecule has 0 spiro atoms. The summed E-state index contributed by atoms with van der Waals surface area (Å²) in [5, 5.41) is 2.31. The minimum absolute atomic E-state index is 0.00918. The lowest BCUT2D eigenvalue weighted by Gasteiger charge is -2.08. The van der Waals surface area contributed by atoms with Crippen molar-refractivity contribution >= 4 is 21.4 Å². The molecule has 0 fully saturated rings. The molecule has 0 atom stereocenters. The maximum absolute atomic E-state index is 13.7. The summed E-state index contributed by atoms with van der Waals surface area (Å²) >= 11 is 0. The van der Waals surface area contributed by atoms with Crippen LogP contribution in [0.3, 0.4) is 0 Å². The van der Waals surface area contributed by atoms with Gasteiger partial charge in [0.05, 0.1) is 11.4 Å². The highest BCUT2D eigenvalue weighted by Crippen LogP contribution is 2.15. The van der Waals surface area contributed by atoms with E-state index in [9.17, 15) is 17.6 Å². The number of benzene rings is 2. The van der Waals surface area contributed by atoms with Gasteiger partial charge in [0.25, 0.3) is 0 Å². The van der Waals surface area contributed by atoms with Gasteiger partial charge in [0.15, 0.2) is 9.84 Å². The van der Waals surface area contributed by atoms with Crippen LogP contribution in [0.5, 0.6) is 0 Å². The predicted molar refractivity (Wildman–Crippen MR) is 93.2 cm³/mol. The van der Waals surface area contributed by atoms with Gasteiger partial charge in [-0.3, -0.25) is 4.79 Å². The maximum atomic E-state index is 13.7. The Morgan fingerprint density at radius 2 is 1.83 bits per heavy atom. The Bertz CT molecular complexity index is 804. The number of rotatable bonds is 7. The van der Waals surface area contributed by atoms with Gasteiger partial charge in [0.1, 0.15) is 11.6 Å². The van der Waals surface area contributed by atoms with Crippen molar-refractivity contribution in [2.45, 2.75) is 19.8 Å². The van der Waals surface area contributed by atoms with Crippen LogP contribution in [-0.2, 0) is 21.1 Å². The largest absolute Gasteiger partial charge is 0.323 e. The van der Waals surface area contributed by atoms with E-state index in [0.717, 1.165) is 11.1 Å². The summed E-state index contributed by atoms with van der Waals surface area (Å²) < 4.78 is 37.7. The number of amides is 1. The highest BCUT2D eigenvalue weighted by Gasteiger charge is 2.17. The van der Waals surface area contributed by atoms with Gasteiger partial charge in [-0.25, -0.2) is 12.8 Å². The summed E-state index contributed by atoms with van der Waals surface area (Å²) in [5.41, 5.74) is 1.77. The number of aryl methyl sites for hydroxylation is 2. The second kappa shape index (κ2) is 8.06. The molecule has 0 saturated heterocycles. The molecule has 24 heavy (non-hydrogen) atoms. The van der Waals surface area contributed by atoms with E-state index in [0.29, 0.717) is 12.8 Å². The van der Waals surface area contributed by atoms with Crippen LogP contribution in [0.1, 0.15) is 17.5 Å². The molecule has 1 amide bonds. The molecule has 0 aliphatic carbocycles. The number of carbonyl (C=O) groups excluding carboxylic acids is 1. The topological polar surface area (TPSA) is 63.2 Å². The summed E-state index contributed by atoms with van der Waals surface area (Å²) in [6.45, 7) is 1.73. The highest BCUT2D eigenvalue weighted by atomic mass is 32.2. The van der Waals surface area contributed by atoms with Crippen molar-refractivity contribution in [1.82, 2.24) is 0 Å². The Labute approximate surface area is 141 Å². The predicted octanol–water partition coefficient (Wildman–Crippen LogP) is 3.12. The zero-order chi connectivity index (χ0) is 17.6. The van der Waals surface area contributed by atoms with Crippen molar-refractivity contribution in [3.63, 3.8) is 0 Å². The Morgan fingerprint density at radius 3 is 2.50 bits per heavy atom. The molecule has 0 radical (unpaired) electrons. The highest BCUT2D eigenvalue weighted by molar-refractivity contribution is 7.92. The van der Waals surface area contributed by atoms with E-state index in [-0.39, 0.29) is 11.4 Å². The molecule has 0 heterocycles. The summed E-state index contributed by atoms with van der Waals surface area (Å²) in [6, 6.07) is 13.9. The van der Waals surface area contributed by atoms with Crippen molar-refractivity contribution in [2.24, 2.45) is 0 Å². The number of nitrogens with one attached hydrogen (secondary N) is 1. The minimum Gasteiger partial charge on any atom is -0.323 e. The third kappa shape index (κ3) is 5.77. The monoisotopic (exact) mass is 349 g/mol. The quantitative estimate of drug-likeness (QED) is 0.835. The fourth-order valence-electron chi connectivity index (χ4n) is 2.32. The summed E-state index contributed by atoms with van der Waals surface area (Å²) in [4.78, 5) is 11.8. The normalized spacial score (nSPS) is 11.2. The molecule has 2 rings (SSSR count). The smallest absolute Gasteiger partial charge is 0.239 e. The third-order valence-corrected chi connectivity index (χ3v) is 5.13. The van der Waals surface area contributed by atoms with E-state index >= 15 is 0 Å². The first-order chi connectivity index (χ1) is 11.4. The number of halogens is 1. The van der Waals surface area contributed by atoms with Crippen molar-refractivity contribution in [3.05, 3.63) is 65.5 Å². The lowest BCUT2D eigenvalue weighted by atomic mass is 10.1. The van der Waals surface area contributed by atoms with Gasteiger partial charge in [0.2, 0.25) is 5.91 Å². The second-order valence-electron chi connectivity index (χ2n) is 5.71. The molecule has 0 saturated carbocycles. The van der Waals surface area contributed by atoms with Crippen LogP contribution in [-0.4, -0.2) is 25.8 Å². The summed E-state index contributed by atoms with van der Waals surface area (Å²) in [5.74, 6) is -2.02. The van der Waals surface area contributed by atoms with E-state index in [1.807, 2.05) is 30.3 Å². The van der Waals surface area contributed by atoms with Gasteiger partial charge in [-0.05, 0) is 43.0 Å². The standard InChI is InChI=1S/C18H20FNO3S/c1-14-9-10-17(16(19)12-14)20-18(21)13-24(22,23)11-5-8-15-6-3-2-4-7-15/h2-4,6-7,9-10,12H,5,8,11,13H2,1H3,(H,20,21). The SMILES string of the molecule is Cc1ccc(NC(=O)CS(=O)(=O)CCCc2ccccc2)c(F)c1. The Hall–Kier alpha value is -2.21. The molecule has 0 unspecified atom stereocenters. The van der Waals surface area contributed by atoms with Crippen LogP contribution in [0.2, 0.25) is 0 Å². The summed E-state index contributed by atoms with van der Waals surface area (Å²) in [7, 11) is -3.53. The Kier molecular flexibility index (Phi) is 6.09. The molecule has 2 aromatic carbocycles. The average Bonchev–Trinajstić information content (AvgIpc) is 2.50. The third-order valence-electron chi connectivity index (χ3n) is 3.51. The van der Waals surface area contributed by atoms with E-state index in [2.05, 4.69) is 5.32 Å². The van der Waals surface area contributed by atoms with Gasteiger partial charge in [-0.1, -0.05) is 36.4 Å². The molecule has 0 aliphatic rings. The second-order valence-corrected chi connectivity index (χ2v) is 7.90. The molecule has 0 aliphatic heterocycles. The first-order valence-electron chi connectivity index (χ1n) is 7.66. The first-order valence-corrected chi connectivity index (χ1v) is 9.48. The van der Waals surface area contributed by atoms with Crippen LogP contribution in [0.15, 0.2) is 48.5 Å². The molecule has 4 nitrogen and oxygen atoms in total. The van der Waals surface area contributed by atoms with E-state index in [4.69, 9.17) is 0 Å². The van der Waals surface area contributed by atoms with Crippen molar-refractivity contribution in [1.29, 1.82) is 0 Å². The number of hydrogen-bond acceptors (Lipinski definition) is 3. The molecular weight excluding hydrogens is 329 g/mol. The van der Waals surface area contributed by atoms with Gasteiger partial charge in [0, 0.05) is 0 Å². The van der Waals surface area contributed by atoms with Crippen LogP contribution >= 0.6 is 0 Å². The van der Waals surface area contributed by atoms with E-state index < -0.39 is 27.3 Å². The number of anilines is 1. The first kappa shape index (κ1) is 18.1.